The van der Waals surface area contributed by atoms with Gasteiger partial charge in [0.15, 0.2) is 0 Å². The standard InChI is InChI=1S/C18H29FN2/c1-5-12-20-14(4)16-8-7-9-17(19)18(16)21-13(3)10-11-15(21)6-2/h7-9,13-15,20H,5-6,10-12H2,1-4H3. The molecule has 0 radical (unpaired) electrons. The molecule has 1 aromatic carbocycles. The summed E-state index contributed by atoms with van der Waals surface area (Å²) >= 11 is 0. The Morgan fingerprint density at radius 1 is 1.33 bits per heavy atom. The monoisotopic (exact) mass is 292 g/mol. The van der Waals surface area contributed by atoms with Crippen LogP contribution in [0.4, 0.5) is 10.1 Å². The number of rotatable bonds is 6. The molecule has 1 aliphatic heterocycles. The summed E-state index contributed by atoms with van der Waals surface area (Å²) in [7, 11) is 0. The Labute approximate surface area is 128 Å². The maximum absolute atomic E-state index is 14.6. The molecular weight excluding hydrogens is 263 g/mol. The maximum Gasteiger partial charge on any atom is 0.146 e. The van der Waals surface area contributed by atoms with E-state index in [4.69, 9.17) is 0 Å². The molecule has 0 amide bonds. The number of hydrogen-bond donors (Lipinski definition) is 1. The summed E-state index contributed by atoms with van der Waals surface area (Å²) in [4.78, 5) is 2.33. The molecule has 1 N–H and O–H groups in total. The third kappa shape index (κ3) is 3.39. The minimum atomic E-state index is -0.0788. The van der Waals surface area contributed by atoms with Crippen LogP contribution in [-0.2, 0) is 0 Å². The molecule has 1 aromatic rings. The van der Waals surface area contributed by atoms with Gasteiger partial charge in [-0.15, -0.1) is 0 Å². The molecule has 3 heteroatoms. The van der Waals surface area contributed by atoms with Gasteiger partial charge in [0.25, 0.3) is 0 Å². The molecule has 118 valence electrons. The van der Waals surface area contributed by atoms with Crippen LogP contribution in [-0.4, -0.2) is 18.6 Å². The third-order valence-corrected chi connectivity index (χ3v) is 4.70. The highest BCUT2D eigenvalue weighted by Crippen LogP contribution is 2.38. The average molecular weight is 292 g/mol. The van der Waals surface area contributed by atoms with Crippen molar-refractivity contribution in [2.45, 2.75) is 71.5 Å². The predicted octanol–water partition coefficient (Wildman–Crippen LogP) is 4.65. The van der Waals surface area contributed by atoms with Gasteiger partial charge in [0.2, 0.25) is 0 Å². The summed E-state index contributed by atoms with van der Waals surface area (Å²) in [5.41, 5.74) is 1.92. The average Bonchev–Trinajstić information content (AvgIpc) is 2.85. The number of para-hydroxylation sites is 1. The summed E-state index contributed by atoms with van der Waals surface area (Å²) < 4.78 is 14.6. The second kappa shape index (κ2) is 7.26. The van der Waals surface area contributed by atoms with E-state index in [1.54, 1.807) is 6.07 Å². The van der Waals surface area contributed by atoms with E-state index in [2.05, 4.69) is 44.0 Å². The van der Waals surface area contributed by atoms with Crippen molar-refractivity contribution in [2.24, 2.45) is 0 Å². The Morgan fingerprint density at radius 3 is 2.76 bits per heavy atom. The molecule has 0 bridgehead atoms. The van der Waals surface area contributed by atoms with Gasteiger partial charge in [0, 0.05) is 18.1 Å². The molecule has 0 aromatic heterocycles. The summed E-state index contributed by atoms with van der Waals surface area (Å²) in [5.74, 6) is -0.0788. The van der Waals surface area contributed by atoms with E-state index in [-0.39, 0.29) is 11.9 Å². The minimum Gasteiger partial charge on any atom is -0.363 e. The SMILES string of the molecule is CCCNC(C)c1cccc(F)c1N1C(C)CCC1CC. The summed E-state index contributed by atoms with van der Waals surface area (Å²) in [6.45, 7) is 9.67. The highest BCUT2D eigenvalue weighted by Gasteiger charge is 2.33. The number of nitrogens with zero attached hydrogens (tertiary/aromatic N) is 1. The van der Waals surface area contributed by atoms with Crippen LogP contribution in [0.1, 0.15) is 65.0 Å². The highest BCUT2D eigenvalue weighted by atomic mass is 19.1. The molecule has 3 unspecified atom stereocenters. The van der Waals surface area contributed by atoms with Gasteiger partial charge >= 0.3 is 0 Å². The van der Waals surface area contributed by atoms with E-state index in [1.165, 1.54) is 6.42 Å². The molecule has 0 saturated carbocycles. The van der Waals surface area contributed by atoms with Crippen molar-refractivity contribution in [3.05, 3.63) is 29.6 Å². The van der Waals surface area contributed by atoms with Gasteiger partial charge in [-0.2, -0.15) is 0 Å². The van der Waals surface area contributed by atoms with E-state index in [0.717, 1.165) is 37.1 Å². The molecule has 1 saturated heterocycles. The van der Waals surface area contributed by atoms with Crippen LogP contribution in [0.15, 0.2) is 18.2 Å². The number of hydrogen-bond acceptors (Lipinski definition) is 2. The Kier molecular flexibility index (Phi) is 5.63. The number of anilines is 1. The Morgan fingerprint density at radius 2 is 2.10 bits per heavy atom. The fraction of sp³-hybridized carbons (Fsp3) is 0.667. The van der Waals surface area contributed by atoms with Crippen LogP contribution in [0.3, 0.4) is 0 Å². The van der Waals surface area contributed by atoms with Crippen LogP contribution < -0.4 is 10.2 Å². The zero-order valence-electron chi connectivity index (χ0n) is 13.8. The van der Waals surface area contributed by atoms with Gasteiger partial charge in [0.1, 0.15) is 5.82 Å². The van der Waals surface area contributed by atoms with Gasteiger partial charge in [-0.05, 0) is 57.7 Å². The van der Waals surface area contributed by atoms with Crippen molar-refractivity contribution < 1.29 is 4.39 Å². The van der Waals surface area contributed by atoms with Crippen molar-refractivity contribution in [3.8, 4) is 0 Å². The first kappa shape index (κ1) is 16.3. The molecule has 1 aliphatic rings. The summed E-state index contributed by atoms with van der Waals surface area (Å²) in [5, 5.41) is 3.49. The lowest BCUT2D eigenvalue weighted by Crippen LogP contribution is -2.36. The van der Waals surface area contributed by atoms with Crippen LogP contribution in [0, 0.1) is 5.82 Å². The second-order valence-electron chi connectivity index (χ2n) is 6.25. The van der Waals surface area contributed by atoms with Crippen molar-refractivity contribution in [1.29, 1.82) is 0 Å². The topological polar surface area (TPSA) is 15.3 Å². The Balaban J connectivity index is 2.37. The molecule has 2 rings (SSSR count). The quantitative estimate of drug-likeness (QED) is 0.820. The molecule has 0 spiro atoms. The van der Waals surface area contributed by atoms with E-state index < -0.39 is 0 Å². The molecule has 21 heavy (non-hydrogen) atoms. The predicted molar refractivity (Wildman–Crippen MR) is 88.4 cm³/mol. The van der Waals surface area contributed by atoms with Crippen LogP contribution in [0.5, 0.6) is 0 Å². The third-order valence-electron chi connectivity index (χ3n) is 4.70. The van der Waals surface area contributed by atoms with Crippen molar-refractivity contribution in [1.82, 2.24) is 5.32 Å². The Hall–Kier alpha value is -1.09. The molecular formula is C18H29FN2. The first-order chi connectivity index (χ1) is 10.1. The van der Waals surface area contributed by atoms with Crippen molar-refractivity contribution in [2.75, 3.05) is 11.4 Å². The maximum atomic E-state index is 14.6. The highest BCUT2D eigenvalue weighted by molar-refractivity contribution is 5.58. The smallest absolute Gasteiger partial charge is 0.146 e. The summed E-state index contributed by atoms with van der Waals surface area (Å²) in [6, 6.07) is 6.58. The van der Waals surface area contributed by atoms with E-state index in [9.17, 15) is 4.39 Å². The van der Waals surface area contributed by atoms with Gasteiger partial charge in [-0.1, -0.05) is 26.0 Å². The van der Waals surface area contributed by atoms with Crippen LogP contribution in [0.2, 0.25) is 0 Å². The lowest BCUT2D eigenvalue weighted by atomic mass is 10.0. The van der Waals surface area contributed by atoms with E-state index in [1.807, 2.05) is 6.07 Å². The fourth-order valence-electron chi connectivity index (χ4n) is 3.50. The molecule has 2 nitrogen and oxygen atoms in total. The summed E-state index contributed by atoms with van der Waals surface area (Å²) in [6.07, 6.45) is 4.49. The fourth-order valence-corrected chi connectivity index (χ4v) is 3.50. The molecule has 3 atom stereocenters. The first-order valence-electron chi connectivity index (χ1n) is 8.40. The van der Waals surface area contributed by atoms with Gasteiger partial charge in [-0.25, -0.2) is 4.39 Å². The van der Waals surface area contributed by atoms with Crippen molar-refractivity contribution >= 4 is 5.69 Å². The largest absolute Gasteiger partial charge is 0.363 e. The molecule has 0 aliphatic carbocycles. The number of nitrogens with one attached hydrogen (secondary N) is 1. The number of halogens is 1. The second-order valence-corrected chi connectivity index (χ2v) is 6.25. The zero-order valence-corrected chi connectivity index (χ0v) is 13.8. The number of benzene rings is 1. The van der Waals surface area contributed by atoms with Crippen LogP contribution in [0.25, 0.3) is 0 Å². The first-order valence-corrected chi connectivity index (χ1v) is 8.40. The van der Waals surface area contributed by atoms with Gasteiger partial charge < -0.3 is 10.2 Å². The van der Waals surface area contributed by atoms with Gasteiger partial charge in [-0.3, -0.25) is 0 Å². The van der Waals surface area contributed by atoms with Gasteiger partial charge in [0.05, 0.1) is 5.69 Å². The normalized spacial score (nSPS) is 23.6. The van der Waals surface area contributed by atoms with E-state index in [0.29, 0.717) is 12.1 Å². The van der Waals surface area contributed by atoms with Crippen molar-refractivity contribution in [3.63, 3.8) is 0 Å². The Bertz CT molecular complexity index is 461. The lowest BCUT2D eigenvalue weighted by molar-refractivity contribution is 0.544. The molecule has 1 heterocycles. The zero-order chi connectivity index (χ0) is 15.4. The minimum absolute atomic E-state index is 0.0788. The van der Waals surface area contributed by atoms with Crippen LogP contribution >= 0.6 is 0 Å². The van der Waals surface area contributed by atoms with E-state index >= 15 is 0 Å². The lowest BCUT2D eigenvalue weighted by Gasteiger charge is -2.34. The molecule has 1 fully saturated rings.